The predicted octanol–water partition coefficient (Wildman–Crippen LogP) is 2.42. The van der Waals surface area contributed by atoms with Crippen molar-refractivity contribution < 1.29 is 19.4 Å². The molecule has 0 aliphatic heterocycles. The van der Waals surface area contributed by atoms with Crippen molar-refractivity contribution in [3.63, 3.8) is 0 Å². The average Bonchev–Trinajstić information content (AvgIpc) is 2.44. The normalized spacial score (nSPS) is 10.0. The summed E-state index contributed by atoms with van der Waals surface area (Å²) in [5, 5.41) is 8.86. The Kier molecular flexibility index (Phi) is 4.44. The fraction of sp³-hybridized carbons (Fsp3) is 0.133. The Balaban J connectivity index is 1.83. The Bertz CT molecular complexity index is 584. The van der Waals surface area contributed by atoms with E-state index in [1.54, 1.807) is 6.07 Å². The number of aromatic carboxylic acids is 1. The summed E-state index contributed by atoms with van der Waals surface area (Å²) in [6, 6.07) is 13.9. The third kappa shape index (κ3) is 3.65. The fourth-order valence-corrected chi connectivity index (χ4v) is 1.66. The number of nitrogen functional groups attached to an aromatic ring is 1. The molecule has 3 N–H and O–H groups in total. The molecule has 2 aromatic carbocycles. The molecule has 0 aliphatic rings. The van der Waals surface area contributed by atoms with Gasteiger partial charge in [-0.05, 0) is 24.3 Å². The van der Waals surface area contributed by atoms with E-state index in [1.807, 2.05) is 30.3 Å². The number of carboxylic acids is 1. The Hall–Kier alpha value is -2.69. The van der Waals surface area contributed by atoms with Crippen LogP contribution in [0.25, 0.3) is 0 Å². The largest absolute Gasteiger partial charge is 0.490 e. The van der Waals surface area contributed by atoms with E-state index in [-0.39, 0.29) is 11.3 Å². The van der Waals surface area contributed by atoms with Gasteiger partial charge in [0.2, 0.25) is 0 Å². The molecule has 104 valence electrons. The molecule has 2 aromatic rings. The summed E-state index contributed by atoms with van der Waals surface area (Å²) in [5.74, 6) is 0.238. The van der Waals surface area contributed by atoms with Crippen LogP contribution < -0.4 is 15.2 Å². The molecule has 0 aliphatic carbocycles. The lowest BCUT2D eigenvalue weighted by atomic mass is 10.2. The first-order chi connectivity index (χ1) is 9.66. The third-order valence-corrected chi connectivity index (χ3v) is 2.62. The number of anilines is 1. The van der Waals surface area contributed by atoms with Crippen molar-refractivity contribution in [2.24, 2.45) is 0 Å². The maximum atomic E-state index is 10.8. The summed E-state index contributed by atoms with van der Waals surface area (Å²) < 4.78 is 10.9. The molecule has 0 spiro atoms. The number of benzene rings is 2. The first-order valence-corrected chi connectivity index (χ1v) is 6.10. The van der Waals surface area contributed by atoms with Crippen molar-refractivity contribution in [1.29, 1.82) is 0 Å². The van der Waals surface area contributed by atoms with Gasteiger partial charge in [0.25, 0.3) is 0 Å². The third-order valence-electron chi connectivity index (χ3n) is 2.62. The molecule has 0 bridgehead atoms. The highest BCUT2D eigenvalue weighted by Gasteiger charge is 2.08. The van der Waals surface area contributed by atoms with Gasteiger partial charge in [-0.15, -0.1) is 0 Å². The van der Waals surface area contributed by atoms with Gasteiger partial charge < -0.3 is 20.3 Å². The monoisotopic (exact) mass is 273 g/mol. The number of carboxylic acid groups (broad SMARTS) is 1. The van der Waals surface area contributed by atoms with Gasteiger partial charge in [-0.25, -0.2) is 4.79 Å². The summed E-state index contributed by atoms with van der Waals surface area (Å²) in [6.45, 7) is 0.741. The zero-order chi connectivity index (χ0) is 14.4. The number of hydrogen-bond donors (Lipinski definition) is 2. The molecule has 0 amide bonds. The molecule has 0 saturated heterocycles. The Labute approximate surface area is 116 Å². The van der Waals surface area contributed by atoms with Gasteiger partial charge in [0.15, 0.2) is 0 Å². The minimum atomic E-state index is -1.05. The molecule has 20 heavy (non-hydrogen) atoms. The van der Waals surface area contributed by atoms with Crippen molar-refractivity contribution in [2.45, 2.75) is 0 Å². The van der Waals surface area contributed by atoms with Crippen molar-refractivity contribution in [3.8, 4) is 11.5 Å². The van der Waals surface area contributed by atoms with Crippen LogP contribution in [0.2, 0.25) is 0 Å². The molecule has 5 nitrogen and oxygen atoms in total. The van der Waals surface area contributed by atoms with Gasteiger partial charge in [-0.2, -0.15) is 0 Å². The van der Waals surface area contributed by atoms with Crippen molar-refractivity contribution in [1.82, 2.24) is 0 Å². The lowest BCUT2D eigenvalue weighted by Gasteiger charge is -2.09. The second-order valence-corrected chi connectivity index (χ2v) is 4.06. The summed E-state index contributed by atoms with van der Waals surface area (Å²) in [5.41, 5.74) is 5.87. The highest BCUT2D eigenvalue weighted by atomic mass is 16.5. The number of carbonyl (C=O) groups is 1. The van der Waals surface area contributed by atoms with Gasteiger partial charge in [-0.1, -0.05) is 18.2 Å². The lowest BCUT2D eigenvalue weighted by molar-refractivity contribution is 0.0698. The van der Waals surface area contributed by atoms with E-state index in [0.29, 0.717) is 19.0 Å². The fourth-order valence-electron chi connectivity index (χ4n) is 1.66. The first kappa shape index (κ1) is 13.7. The van der Waals surface area contributed by atoms with E-state index in [4.69, 9.17) is 20.3 Å². The number of rotatable bonds is 6. The number of hydrogen-bond acceptors (Lipinski definition) is 4. The van der Waals surface area contributed by atoms with Crippen LogP contribution in [0.15, 0.2) is 48.5 Å². The topological polar surface area (TPSA) is 81.8 Å². The van der Waals surface area contributed by atoms with Gasteiger partial charge in [0.05, 0.1) is 5.56 Å². The minimum Gasteiger partial charge on any atom is -0.490 e. The standard InChI is InChI=1S/C15H15NO4/c16-14-10-12(6-7-13(14)15(17)18)20-9-8-19-11-4-2-1-3-5-11/h1-7,10H,8-9,16H2,(H,17,18). The smallest absolute Gasteiger partial charge is 0.337 e. The molecule has 0 fully saturated rings. The van der Waals surface area contributed by atoms with Crippen LogP contribution in [0.3, 0.4) is 0 Å². The Morgan fingerprint density at radius 3 is 2.25 bits per heavy atom. The second kappa shape index (κ2) is 6.47. The second-order valence-electron chi connectivity index (χ2n) is 4.06. The summed E-state index contributed by atoms with van der Waals surface area (Å²) in [4.78, 5) is 10.8. The van der Waals surface area contributed by atoms with Gasteiger partial charge in [-0.3, -0.25) is 0 Å². The lowest BCUT2D eigenvalue weighted by Crippen LogP contribution is -2.09. The van der Waals surface area contributed by atoms with E-state index in [9.17, 15) is 4.79 Å². The summed E-state index contributed by atoms with van der Waals surface area (Å²) >= 11 is 0. The summed E-state index contributed by atoms with van der Waals surface area (Å²) in [6.07, 6.45) is 0. The molecule has 0 atom stereocenters. The van der Waals surface area contributed by atoms with Crippen LogP contribution in [0.1, 0.15) is 10.4 Å². The number of nitrogens with two attached hydrogens (primary N) is 1. The predicted molar refractivity (Wildman–Crippen MR) is 75.2 cm³/mol. The maximum Gasteiger partial charge on any atom is 0.337 e. The highest BCUT2D eigenvalue weighted by Crippen LogP contribution is 2.20. The molecule has 0 radical (unpaired) electrons. The van der Waals surface area contributed by atoms with Gasteiger partial charge >= 0.3 is 5.97 Å². The van der Waals surface area contributed by atoms with Crippen LogP contribution in [0.4, 0.5) is 5.69 Å². The average molecular weight is 273 g/mol. The molecule has 5 heteroatoms. The van der Waals surface area contributed by atoms with Crippen molar-refractivity contribution >= 4 is 11.7 Å². The van der Waals surface area contributed by atoms with E-state index >= 15 is 0 Å². The van der Waals surface area contributed by atoms with Gasteiger partial charge in [0.1, 0.15) is 24.7 Å². The van der Waals surface area contributed by atoms with Crippen LogP contribution in [0.5, 0.6) is 11.5 Å². The molecule has 2 rings (SSSR count). The molecule has 0 heterocycles. The zero-order valence-corrected chi connectivity index (χ0v) is 10.8. The SMILES string of the molecule is Nc1cc(OCCOc2ccccc2)ccc1C(=O)O. The van der Waals surface area contributed by atoms with Crippen LogP contribution >= 0.6 is 0 Å². The van der Waals surface area contributed by atoms with E-state index in [2.05, 4.69) is 0 Å². The van der Waals surface area contributed by atoms with E-state index in [1.165, 1.54) is 12.1 Å². The van der Waals surface area contributed by atoms with Gasteiger partial charge in [0, 0.05) is 11.8 Å². The minimum absolute atomic E-state index is 0.0675. The molecular formula is C15H15NO4. The Morgan fingerprint density at radius 2 is 1.65 bits per heavy atom. The van der Waals surface area contributed by atoms with Crippen LogP contribution in [-0.4, -0.2) is 24.3 Å². The highest BCUT2D eigenvalue weighted by molar-refractivity contribution is 5.93. The summed E-state index contributed by atoms with van der Waals surface area (Å²) in [7, 11) is 0. The molecular weight excluding hydrogens is 258 g/mol. The quantitative estimate of drug-likeness (QED) is 0.624. The van der Waals surface area contributed by atoms with Crippen molar-refractivity contribution in [3.05, 3.63) is 54.1 Å². The Morgan fingerprint density at radius 1 is 1.00 bits per heavy atom. The molecule has 0 unspecified atom stereocenters. The van der Waals surface area contributed by atoms with E-state index in [0.717, 1.165) is 5.75 Å². The van der Waals surface area contributed by atoms with Crippen LogP contribution in [0, 0.1) is 0 Å². The first-order valence-electron chi connectivity index (χ1n) is 6.10. The van der Waals surface area contributed by atoms with E-state index < -0.39 is 5.97 Å². The van der Waals surface area contributed by atoms with Crippen molar-refractivity contribution in [2.75, 3.05) is 18.9 Å². The number of ether oxygens (including phenoxy) is 2. The number of para-hydroxylation sites is 1. The van der Waals surface area contributed by atoms with Crippen LogP contribution in [-0.2, 0) is 0 Å². The maximum absolute atomic E-state index is 10.8. The zero-order valence-electron chi connectivity index (χ0n) is 10.8. The molecule has 0 saturated carbocycles. The molecule has 0 aromatic heterocycles.